The van der Waals surface area contributed by atoms with Gasteiger partial charge in [0.15, 0.2) is 11.5 Å². The molecule has 0 aliphatic heterocycles. The molecule has 0 spiro atoms. The van der Waals surface area contributed by atoms with Gasteiger partial charge in [0.25, 0.3) is 0 Å². The highest BCUT2D eigenvalue weighted by Crippen LogP contribution is 2.43. The van der Waals surface area contributed by atoms with Gasteiger partial charge >= 0.3 is 0 Å². The fraction of sp³-hybridized carbons (Fsp3) is 0.286. The molecule has 27 heavy (non-hydrogen) atoms. The summed E-state index contributed by atoms with van der Waals surface area (Å²) in [6.07, 6.45) is 2.41. The van der Waals surface area contributed by atoms with Gasteiger partial charge in [-0.3, -0.25) is 4.79 Å². The average molecular weight is 370 g/mol. The number of fused-ring (bicyclic) bond motifs is 2. The van der Waals surface area contributed by atoms with Crippen molar-refractivity contribution in [2.24, 2.45) is 0 Å². The number of hydrogen-bond donors (Lipinski definition) is 1. The van der Waals surface area contributed by atoms with E-state index < -0.39 is 5.43 Å². The van der Waals surface area contributed by atoms with E-state index in [1.165, 1.54) is 21.3 Å². The molecule has 1 heterocycles. The number of aromatic hydroxyl groups is 1. The summed E-state index contributed by atoms with van der Waals surface area (Å²) >= 11 is 0. The van der Waals surface area contributed by atoms with Crippen LogP contribution >= 0.6 is 0 Å². The normalized spacial score (nSPS) is 12.1. The Morgan fingerprint density at radius 2 is 1.81 bits per heavy atom. The molecule has 2 aromatic carbocycles. The zero-order chi connectivity index (χ0) is 19.7. The van der Waals surface area contributed by atoms with E-state index in [0.29, 0.717) is 29.1 Å². The number of phenolic OH excluding ortho intramolecular Hbond substituents is 1. The molecular weight excluding hydrogens is 348 g/mol. The van der Waals surface area contributed by atoms with E-state index in [4.69, 9.17) is 18.6 Å². The molecule has 0 bridgehead atoms. The number of ether oxygens (including phenoxy) is 3. The van der Waals surface area contributed by atoms with Crippen LogP contribution in [0.4, 0.5) is 0 Å². The van der Waals surface area contributed by atoms with Crippen molar-refractivity contribution in [2.45, 2.75) is 19.3 Å². The van der Waals surface area contributed by atoms with Gasteiger partial charge in [0, 0.05) is 17.5 Å². The van der Waals surface area contributed by atoms with Crippen molar-refractivity contribution >= 4 is 21.9 Å². The highest BCUT2D eigenvalue weighted by Gasteiger charge is 2.25. The maximum atomic E-state index is 13.3. The Balaban J connectivity index is 2.53. The second-order valence-electron chi connectivity index (χ2n) is 6.07. The van der Waals surface area contributed by atoms with Crippen LogP contribution in [0.2, 0.25) is 0 Å². The standard InChI is InChI=1S/C21H22O6/c1-6-11(7-2)16-14(25-4)10-15-17(19(16)22)20(23)18-12(27-15)8-9-13(24-3)21(18)26-5/h6,8-11,22H,1,7H2,2-5H3. The maximum absolute atomic E-state index is 13.3. The van der Waals surface area contributed by atoms with Crippen molar-refractivity contribution in [3.05, 3.63) is 46.6 Å². The fourth-order valence-electron chi connectivity index (χ4n) is 3.41. The second kappa shape index (κ2) is 7.23. The number of phenols is 1. The lowest BCUT2D eigenvalue weighted by Gasteiger charge is -2.18. The Kier molecular flexibility index (Phi) is 4.99. The van der Waals surface area contributed by atoms with Crippen LogP contribution in [0.3, 0.4) is 0 Å². The van der Waals surface area contributed by atoms with E-state index in [1.54, 1.807) is 24.3 Å². The van der Waals surface area contributed by atoms with Gasteiger partial charge in [0.2, 0.25) is 5.43 Å². The largest absolute Gasteiger partial charge is 0.507 e. The lowest BCUT2D eigenvalue weighted by atomic mass is 9.92. The van der Waals surface area contributed by atoms with Gasteiger partial charge in [-0.15, -0.1) is 6.58 Å². The Hall–Kier alpha value is -3.15. The lowest BCUT2D eigenvalue weighted by molar-refractivity contribution is 0.358. The van der Waals surface area contributed by atoms with Crippen molar-refractivity contribution in [1.82, 2.24) is 0 Å². The Morgan fingerprint density at radius 3 is 2.37 bits per heavy atom. The van der Waals surface area contributed by atoms with Gasteiger partial charge in [0.05, 0.1) is 21.3 Å². The molecule has 1 atom stereocenters. The second-order valence-corrected chi connectivity index (χ2v) is 6.07. The first-order chi connectivity index (χ1) is 13.0. The molecule has 0 aliphatic rings. The van der Waals surface area contributed by atoms with Gasteiger partial charge in [0.1, 0.15) is 33.4 Å². The smallest absolute Gasteiger partial charge is 0.208 e. The minimum absolute atomic E-state index is 0.0742. The zero-order valence-corrected chi connectivity index (χ0v) is 15.8. The zero-order valence-electron chi connectivity index (χ0n) is 15.8. The molecule has 1 aromatic heterocycles. The number of hydrogen-bond acceptors (Lipinski definition) is 6. The van der Waals surface area contributed by atoms with E-state index in [1.807, 2.05) is 6.92 Å². The van der Waals surface area contributed by atoms with Crippen LogP contribution in [-0.4, -0.2) is 26.4 Å². The van der Waals surface area contributed by atoms with Crippen LogP contribution in [-0.2, 0) is 0 Å². The first-order valence-electron chi connectivity index (χ1n) is 8.56. The third-order valence-electron chi connectivity index (χ3n) is 4.76. The van der Waals surface area contributed by atoms with Crippen LogP contribution in [0.15, 0.2) is 40.1 Å². The Bertz CT molecular complexity index is 1080. The van der Waals surface area contributed by atoms with Gasteiger partial charge in [-0.1, -0.05) is 13.0 Å². The predicted molar refractivity (Wildman–Crippen MR) is 105 cm³/mol. The number of methoxy groups -OCH3 is 3. The van der Waals surface area contributed by atoms with Gasteiger partial charge < -0.3 is 23.7 Å². The molecule has 3 aromatic rings. The molecule has 6 nitrogen and oxygen atoms in total. The third-order valence-corrected chi connectivity index (χ3v) is 4.76. The van der Waals surface area contributed by atoms with Crippen LogP contribution in [0, 0.1) is 0 Å². The topological polar surface area (TPSA) is 78.1 Å². The van der Waals surface area contributed by atoms with E-state index >= 15 is 0 Å². The summed E-state index contributed by atoms with van der Waals surface area (Å²) in [6, 6.07) is 4.91. The summed E-state index contributed by atoms with van der Waals surface area (Å²) in [6.45, 7) is 5.79. The minimum atomic E-state index is -0.401. The monoisotopic (exact) mass is 370 g/mol. The van der Waals surface area contributed by atoms with E-state index in [2.05, 4.69) is 6.58 Å². The molecule has 1 unspecified atom stereocenters. The van der Waals surface area contributed by atoms with Crippen LogP contribution < -0.4 is 19.6 Å². The van der Waals surface area contributed by atoms with E-state index in [9.17, 15) is 9.90 Å². The highest BCUT2D eigenvalue weighted by molar-refractivity contribution is 5.98. The molecule has 3 rings (SSSR count). The van der Waals surface area contributed by atoms with E-state index in [0.717, 1.165) is 0 Å². The molecule has 0 saturated carbocycles. The highest BCUT2D eigenvalue weighted by atomic mass is 16.5. The maximum Gasteiger partial charge on any atom is 0.208 e. The average Bonchev–Trinajstić information content (AvgIpc) is 2.68. The Labute approximate surface area is 156 Å². The Morgan fingerprint density at radius 1 is 1.11 bits per heavy atom. The number of rotatable bonds is 6. The van der Waals surface area contributed by atoms with Crippen molar-refractivity contribution in [1.29, 1.82) is 0 Å². The summed E-state index contributed by atoms with van der Waals surface area (Å²) < 4.78 is 22.0. The third kappa shape index (κ3) is 2.77. The van der Waals surface area contributed by atoms with E-state index in [-0.39, 0.29) is 33.8 Å². The van der Waals surface area contributed by atoms with Gasteiger partial charge in [-0.2, -0.15) is 0 Å². The quantitative estimate of drug-likeness (QED) is 0.513. The summed E-state index contributed by atoms with van der Waals surface area (Å²) in [4.78, 5) is 13.3. The van der Waals surface area contributed by atoms with Crippen LogP contribution in [0.25, 0.3) is 21.9 Å². The van der Waals surface area contributed by atoms with Gasteiger partial charge in [-0.05, 0) is 18.6 Å². The molecule has 0 aliphatic carbocycles. The number of allylic oxidation sites excluding steroid dienone is 1. The summed E-state index contributed by atoms with van der Waals surface area (Å²) in [5.74, 6) is 0.763. The SMILES string of the molecule is C=CC(CC)c1c(OC)cc2oc3ccc(OC)c(OC)c3c(=O)c2c1O. The summed E-state index contributed by atoms with van der Waals surface area (Å²) in [7, 11) is 4.45. The molecule has 0 radical (unpaired) electrons. The lowest BCUT2D eigenvalue weighted by Crippen LogP contribution is -2.08. The summed E-state index contributed by atoms with van der Waals surface area (Å²) in [5, 5.41) is 11.2. The molecule has 1 N–H and O–H groups in total. The summed E-state index contributed by atoms with van der Waals surface area (Å²) in [5.41, 5.74) is 0.671. The predicted octanol–water partition coefficient (Wildman–Crippen LogP) is 4.36. The van der Waals surface area contributed by atoms with Crippen LogP contribution in [0.1, 0.15) is 24.8 Å². The molecule has 6 heteroatoms. The van der Waals surface area contributed by atoms with Crippen molar-refractivity contribution < 1.29 is 23.7 Å². The number of benzene rings is 2. The fourth-order valence-corrected chi connectivity index (χ4v) is 3.41. The van der Waals surface area contributed by atoms with Crippen molar-refractivity contribution in [3.63, 3.8) is 0 Å². The van der Waals surface area contributed by atoms with Crippen molar-refractivity contribution in [2.75, 3.05) is 21.3 Å². The molecular formula is C21H22O6. The first-order valence-corrected chi connectivity index (χ1v) is 8.56. The minimum Gasteiger partial charge on any atom is -0.507 e. The molecule has 0 saturated heterocycles. The van der Waals surface area contributed by atoms with Crippen molar-refractivity contribution in [3.8, 4) is 23.0 Å². The molecule has 0 fully saturated rings. The first kappa shape index (κ1) is 18.6. The van der Waals surface area contributed by atoms with Crippen LogP contribution in [0.5, 0.6) is 23.0 Å². The van der Waals surface area contributed by atoms with Gasteiger partial charge in [-0.25, -0.2) is 0 Å². The molecule has 0 amide bonds. The molecule has 142 valence electrons.